The summed E-state index contributed by atoms with van der Waals surface area (Å²) in [4.78, 5) is 36.3. The smallest absolute Gasteiger partial charge is 0.342 e. The molecular formula is C13H14N2O4. The summed E-state index contributed by atoms with van der Waals surface area (Å²) in [6.07, 6.45) is 0. The van der Waals surface area contributed by atoms with E-state index < -0.39 is 5.97 Å². The number of nitrogen functional groups attached to an aromatic ring is 1. The van der Waals surface area contributed by atoms with Gasteiger partial charge in [-0.2, -0.15) is 0 Å². The Hall–Kier alpha value is -2.37. The molecule has 1 aliphatic rings. The normalized spacial score (nSPS) is 14.7. The molecule has 0 fully saturated rings. The Morgan fingerprint density at radius 3 is 2.21 bits per heavy atom. The lowest BCUT2D eigenvalue weighted by atomic mass is 9.88. The number of Topliss-reactive ketones (excluding diaryl/α,β-unsaturated/α-hetero) is 2. The molecule has 1 heterocycles. The molecule has 100 valence electrons. The van der Waals surface area contributed by atoms with Gasteiger partial charge in [0.05, 0.1) is 12.7 Å². The predicted octanol–water partition coefficient (Wildman–Crippen LogP) is 1.11. The summed E-state index contributed by atoms with van der Waals surface area (Å²) in [5.74, 6) is -1.32. The van der Waals surface area contributed by atoms with Gasteiger partial charge in [0, 0.05) is 18.2 Å². The second kappa shape index (κ2) is 4.08. The van der Waals surface area contributed by atoms with Gasteiger partial charge in [-0.3, -0.25) is 9.59 Å². The molecule has 2 rings (SSSR count). The number of nitrogens with zero attached hydrogens (tertiary/aromatic N) is 1. The molecule has 19 heavy (non-hydrogen) atoms. The number of rotatable bonds is 1. The molecule has 0 amide bonds. The zero-order valence-corrected chi connectivity index (χ0v) is 11.2. The topological polar surface area (TPSA) is 91.4 Å². The highest BCUT2D eigenvalue weighted by atomic mass is 16.5. The lowest BCUT2D eigenvalue weighted by molar-refractivity contribution is 0.0599. The number of ketones is 2. The fourth-order valence-electron chi connectivity index (χ4n) is 2.20. The second-order valence-electron chi connectivity index (χ2n) is 4.44. The average Bonchev–Trinajstić information content (AvgIpc) is 2.66. The van der Waals surface area contributed by atoms with E-state index in [9.17, 15) is 14.4 Å². The number of ether oxygens (including phenoxy) is 1. The number of allylic oxidation sites excluding steroid dienone is 2. The van der Waals surface area contributed by atoms with Gasteiger partial charge in [-0.05, 0) is 13.8 Å². The van der Waals surface area contributed by atoms with Gasteiger partial charge in [-0.15, -0.1) is 0 Å². The van der Waals surface area contributed by atoms with Crippen molar-refractivity contribution >= 4 is 23.4 Å². The third kappa shape index (κ3) is 1.53. The molecule has 0 radical (unpaired) electrons. The van der Waals surface area contributed by atoms with Crippen LogP contribution in [0.1, 0.15) is 45.1 Å². The quantitative estimate of drug-likeness (QED) is 0.765. The Morgan fingerprint density at radius 1 is 1.16 bits per heavy atom. The molecule has 1 aliphatic carbocycles. The van der Waals surface area contributed by atoms with E-state index in [0.29, 0.717) is 11.1 Å². The van der Waals surface area contributed by atoms with Crippen LogP contribution in [0.25, 0.3) is 0 Å². The lowest BCUT2D eigenvalue weighted by Crippen LogP contribution is -2.22. The lowest BCUT2D eigenvalue weighted by Gasteiger charge is -2.15. The molecule has 6 nitrogen and oxygen atoms in total. The number of carbonyl (C=O) groups excluding carboxylic acids is 3. The van der Waals surface area contributed by atoms with E-state index in [4.69, 9.17) is 5.73 Å². The molecule has 1 aromatic rings. The standard InChI is InChI=1S/C13H14N2O4/c1-5-6(2)11(17)9-7(10(5)16)8(13(18)19-4)12(14)15(9)3/h14H2,1-4H3. The van der Waals surface area contributed by atoms with Gasteiger partial charge < -0.3 is 15.0 Å². The summed E-state index contributed by atoms with van der Waals surface area (Å²) in [5.41, 5.74) is 6.66. The fourth-order valence-corrected chi connectivity index (χ4v) is 2.20. The molecule has 6 heteroatoms. The first kappa shape index (κ1) is 13.1. The number of methoxy groups -OCH3 is 1. The molecule has 0 spiro atoms. The van der Waals surface area contributed by atoms with Crippen molar-refractivity contribution in [3.05, 3.63) is 28.0 Å². The summed E-state index contributed by atoms with van der Waals surface area (Å²) in [6, 6.07) is 0. The van der Waals surface area contributed by atoms with Crippen molar-refractivity contribution in [2.24, 2.45) is 7.05 Å². The first-order valence-corrected chi connectivity index (χ1v) is 5.66. The number of esters is 1. The number of fused-ring (bicyclic) bond motifs is 1. The van der Waals surface area contributed by atoms with Gasteiger partial charge in [0.15, 0.2) is 5.78 Å². The first-order chi connectivity index (χ1) is 8.82. The molecule has 0 aliphatic heterocycles. The van der Waals surface area contributed by atoms with Crippen LogP contribution < -0.4 is 5.73 Å². The Morgan fingerprint density at radius 2 is 1.68 bits per heavy atom. The predicted molar refractivity (Wildman–Crippen MR) is 68.2 cm³/mol. The molecule has 0 bridgehead atoms. The van der Waals surface area contributed by atoms with Crippen molar-refractivity contribution < 1.29 is 19.1 Å². The summed E-state index contributed by atoms with van der Waals surface area (Å²) < 4.78 is 5.99. The van der Waals surface area contributed by atoms with E-state index in [1.54, 1.807) is 20.9 Å². The van der Waals surface area contributed by atoms with Crippen LogP contribution in [0.3, 0.4) is 0 Å². The SMILES string of the molecule is COC(=O)c1c2c(n(C)c1N)C(=O)C(C)=C(C)C2=O. The van der Waals surface area contributed by atoms with Crippen LogP contribution in [0, 0.1) is 0 Å². The third-order valence-electron chi connectivity index (χ3n) is 3.52. The van der Waals surface area contributed by atoms with Crippen LogP contribution in [-0.2, 0) is 11.8 Å². The highest BCUT2D eigenvalue weighted by molar-refractivity contribution is 6.29. The summed E-state index contributed by atoms with van der Waals surface area (Å²) in [6.45, 7) is 3.14. The third-order valence-corrected chi connectivity index (χ3v) is 3.52. The monoisotopic (exact) mass is 262 g/mol. The molecule has 0 aromatic carbocycles. The maximum atomic E-state index is 12.3. The van der Waals surface area contributed by atoms with Gasteiger partial charge in [0.1, 0.15) is 17.1 Å². The van der Waals surface area contributed by atoms with E-state index in [1.807, 2.05) is 0 Å². The summed E-state index contributed by atoms with van der Waals surface area (Å²) >= 11 is 0. The Kier molecular flexibility index (Phi) is 2.81. The van der Waals surface area contributed by atoms with Crippen LogP contribution in [0.5, 0.6) is 0 Å². The highest BCUT2D eigenvalue weighted by Crippen LogP contribution is 2.33. The summed E-state index contributed by atoms with van der Waals surface area (Å²) in [7, 11) is 2.74. The Bertz CT molecular complexity index is 665. The number of nitrogens with two attached hydrogens (primary N) is 1. The van der Waals surface area contributed by atoms with Gasteiger partial charge >= 0.3 is 5.97 Å². The number of aromatic nitrogens is 1. The van der Waals surface area contributed by atoms with Crippen molar-refractivity contribution in [2.45, 2.75) is 13.8 Å². The van der Waals surface area contributed by atoms with Crippen molar-refractivity contribution in [2.75, 3.05) is 12.8 Å². The van der Waals surface area contributed by atoms with Crippen molar-refractivity contribution in [3.8, 4) is 0 Å². The number of hydrogen-bond donors (Lipinski definition) is 1. The van der Waals surface area contributed by atoms with Gasteiger partial charge in [0.2, 0.25) is 5.78 Å². The van der Waals surface area contributed by atoms with Crippen molar-refractivity contribution in [1.29, 1.82) is 0 Å². The van der Waals surface area contributed by atoms with Crippen LogP contribution >= 0.6 is 0 Å². The van der Waals surface area contributed by atoms with Crippen molar-refractivity contribution in [3.63, 3.8) is 0 Å². The minimum absolute atomic E-state index is 0.0369. The van der Waals surface area contributed by atoms with E-state index in [0.717, 1.165) is 0 Å². The van der Waals surface area contributed by atoms with Crippen LogP contribution in [0.4, 0.5) is 5.82 Å². The maximum absolute atomic E-state index is 12.3. The molecule has 0 unspecified atom stereocenters. The molecule has 0 saturated heterocycles. The number of anilines is 1. The minimum atomic E-state index is -0.720. The molecular weight excluding hydrogens is 248 g/mol. The average molecular weight is 262 g/mol. The zero-order chi connectivity index (χ0) is 14.5. The van der Waals surface area contributed by atoms with E-state index >= 15 is 0 Å². The zero-order valence-electron chi connectivity index (χ0n) is 11.2. The van der Waals surface area contributed by atoms with Gasteiger partial charge in [0.25, 0.3) is 0 Å². The molecule has 0 atom stereocenters. The van der Waals surface area contributed by atoms with Crippen LogP contribution in [-0.4, -0.2) is 29.2 Å². The van der Waals surface area contributed by atoms with Gasteiger partial charge in [-0.25, -0.2) is 4.79 Å². The molecule has 0 saturated carbocycles. The van der Waals surface area contributed by atoms with E-state index in [-0.39, 0.29) is 34.2 Å². The maximum Gasteiger partial charge on any atom is 0.342 e. The minimum Gasteiger partial charge on any atom is -0.465 e. The van der Waals surface area contributed by atoms with Crippen molar-refractivity contribution in [1.82, 2.24) is 4.57 Å². The largest absolute Gasteiger partial charge is 0.465 e. The van der Waals surface area contributed by atoms with Gasteiger partial charge in [-0.1, -0.05) is 0 Å². The van der Waals surface area contributed by atoms with Crippen LogP contribution in [0.15, 0.2) is 11.1 Å². The molecule has 2 N–H and O–H groups in total. The van der Waals surface area contributed by atoms with E-state index in [1.165, 1.54) is 11.7 Å². The van der Waals surface area contributed by atoms with E-state index in [2.05, 4.69) is 4.74 Å². The highest BCUT2D eigenvalue weighted by Gasteiger charge is 2.37. The Balaban J connectivity index is 2.86. The first-order valence-electron chi connectivity index (χ1n) is 5.66. The number of carbonyl (C=O) groups is 3. The number of hydrogen-bond acceptors (Lipinski definition) is 5. The molecule has 1 aromatic heterocycles. The second-order valence-corrected chi connectivity index (χ2v) is 4.44. The Labute approximate surface area is 109 Å². The fraction of sp³-hybridized carbons (Fsp3) is 0.308. The summed E-state index contributed by atoms with van der Waals surface area (Å²) in [5, 5.41) is 0. The van der Waals surface area contributed by atoms with Crippen LogP contribution in [0.2, 0.25) is 0 Å².